The number of nitrogens with two attached hydrogens (primary N) is 1. The molecule has 0 spiro atoms. The summed E-state index contributed by atoms with van der Waals surface area (Å²) in [5.74, 6) is -0.800. The topological polar surface area (TPSA) is 134 Å². The number of hydrogen-bond donors (Lipinski definition) is 2. The Kier molecular flexibility index (Phi) is 72.8. The summed E-state index contributed by atoms with van der Waals surface area (Å²) in [6.45, 7) is 3.82. The van der Waals surface area contributed by atoms with Gasteiger partial charge in [0, 0.05) is 19.4 Å². The van der Waals surface area contributed by atoms with Crippen LogP contribution in [-0.2, 0) is 32.7 Å². The van der Waals surface area contributed by atoms with Gasteiger partial charge in [-0.2, -0.15) is 0 Å². The Balaban J connectivity index is 3.74. The smallest absolute Gasteiger partial charge is 0.462 e. The van der Waals surface area contributed by atoms with E-state index in [2.05, 4.69) is 50.3 Å². The van der Waals surface area contributed by atoms with Crippen molar-refractivity contribution in [3.8, 4) is 0 Å². The summed E-state index contributed by atoms with van der Waals surface area (Å²) in [4.78, 5) is 35.4. The Labute approximate surface area is 547 Å². The number of hydrogen-bond acceptors (Lipinski definition) is 8. The first kappa shape index (κ1) is 86.2. The molecule has 0 aliphatic rings. The molecule has 0 heterocycles. The van der Waals surface area contributed by atoms with Crippen molar-refractivity contribution < 1.29 is 37.6 Å². The molecule has 0 fully saturated rings. The molecular weight excluding hydrogens is 1110 g/mol. The van der Waals surface area contributed by atoms with Crippen LogP contribution in [0.25, 0.3) is 0 Å². The van der Waals surface area contributed by atoms with Crippen LogP contribution < -0.4 is 5.73 Å². The number of phosphoric ester groups is 1. The van der Waals surface area contributed by atoms with E-state index in [4.69, 9.17) is 24.3 Å². The Hall–Kier alpha value is -1.77. The number of phosphoric acid groups is 1. The molecule has 10 heteroatoms. The maximum atomic E-state index is 12.8. The molecule has 88 heavy (non-hydrogen) atoms. The summed E-state index contributed by atoms with van der Waals surface area (Å²) in [6, 6.07) is 0. The lowest BCUT2D eigenvalue weighted by atomic mass is 10.0. The van der Waals surface area contributed by atoms with Crippen molar-refractivity contribution in [3.05, 3.63) is 36.5 Å². The van der Waals surface area contributed by atoms with E-state index >= 15 is 0 Å². The Morgan fingerprint density at radius 1 is 0.341 bits per heavy atom. The molecular formula is C78H150NO8P. The van der Waals surface area contributed by atoms with Crippen LogP contribution in [0.5, 0.6) is 0 Å². The lowest BCUT2D eigenvalue weighted by molar-refractivity contribution is -0.161. The fourth-order valence-electron chi connectivity index (χ4n) is 12.0. The van der Waals surface area contributed by atoms with E-state index < -0.39 is 26.5 Å². The predicted molar refractivity (Wildman–Crippen MR) is 381 cm³/mol. The first-order chi connectivity index (χ1) is 43.3. The van der Waals surface area contributed by atoms with Crippen LogP contribution in [0.15, 0.2) is 36.5 Å². The van der Waals surface area contributed by atoms with Crippen LogP contribution in [0.1, 0.15) is 418 Å². The van der Waals surface area contributed by atoms with Gasteiger partial charge in [-0.05, 0) is 51.4 Å². The number of allylic oxidation sites excluding steroid dienone is 6. The Morgan fingerprint density at radius 2 is 0.591 bits per heavy atom. The summed E-state index contributed by atoms with van der Waals surface area (Å²) in [5.41, 5.74) is 5.41. The molecule has 0 aliphatic carbocycles. The zero-order chi connectivity index (χ0) is 63.7. The molecule has 2 atom stereocenters. The fraction of sp³-hybridized carbons (Fsp3) is 0.897. The van der Waals surface area contributed by atoms with Crippen molar-refractivity contribution in [3.63, 3.8) is 0 Å². The number of esters is 2. The van der Waals surface area contributed by atoms with Crippen LogP contribution in [-0.4, -0.2) is 49.3 Å². The lowest BCUT2D eigenvalue weighted by Crippen LogP contribution is -2.29. The van der Waals surface area contributed by atoms with Crippen LogP contribution in [0.2, 0.25) is 0 Å². The molecule has 0 saturated carbocycles. The van der Waals surface area contributed by atoms with E-state index in [1.54, 1.807) is 0 Å². The third kappa shape index (κ3) is 73.3. The second kappa shape index (κ2) is 74.3. The minimum atomic E-state index is -4.39. The zero-order valence-corrected chi connectivity index (χ0v) is 59.6. The monoisotopic (exact) mass is 1260 g/mol. The molecule has 0 radical (unpaired) electrons. The molecule has 3 N–H and O–H groups in total. The van der Waals surface area contributed by atoms with Gasteiger partial charge in [-0.25, -0.2) is 4.57 Å². The molecule has 2 unspecified atom stereocenters. The van der Waals surface area contributed by atoms with E-state index in [0.29, 0.717) is 6.42 Å². The van der Waals surface area contributed by atoms with Crippen LogP contribution >= 0.6 is 7.82 Å². The van der Waals surface area contributed by atoms with Crippen LogP contribution in [0, 0.1) is 0 Å². The van der Waals surface area contributed by atoms with Crippen molar-refractivity contribution >= 4 is 19.8 Å². The SMILES string of the molecule is CCCCCCC/C=C\C/C=C\C/C=C\CCCCCCCCCCCCCCCCCCCCCCCCCCCCC(=O)OC(COC(=O)CCCCCCCCCCCCCCCCCCCCCCCCCCCC)COP(=O)(O)OCCN. The summed E-state index contributed by atoms with van der Waals surface area (Å²) in [7, 11) is -4.39. The highest BCUT2D eigenvalue weighted by Gasteiger charge is 2.26. The highest BCUT2D eigenvalue weighted by atomic mass is 31.2. The van der Waals surface area contributed by atoms with Crippen molar-refractivity contribution in [2.24, 2.45) is 5.73 Å². The van der Waals surface area contributed by atoms with Gasteiger partial charge in [-0.1, -0.05) is 391 Å². The third-order valence-corrected chi connectivity index (χ3v) is 18.8. The highest BCUT2D eigenvalue weighted by molar-refractivity contribution is 7.47. The fourth-order valence-corrected chi connectivity index (χ4v) is 12.8. The third-order valence-electron chi connectivity index (χ3n) is 17.8. The maximum Gasteiger partial charge on any atom is 0.472 e. The van der Waals surface area contributed by atoms with E-state index in [1.807, 2.05) is 0 Å². The summed E-state index contributed by atoms with van der Waals surface area (Å²) >= 11 is 0. The van der Waals surface area contributed by atoms with Gasteiger partial charge in [0.15, 0.2) is 6.10 Å². The summed E-state index contributed by atoms with van der Waals surface area (Å²) in [5, 5.41) is 0. The van der Waals surface area contributed by atoms with Crippen molar-refractivity contribution in [2.45, 2.75) is 424 Å². The van der Waals surface area contributed by atoms with Gasteiger partial charge in [-0.3, -0.25) is 18.6 Å². The molecule has 0 saturated heterocycles. The molecule has 0 aromatic heterocycles. The van der Waals surface area contributed by atoms with E-state index in [0.717, 1.165) is 44.9 Å². The summed E-state index contributed by atoms with van der Waals surface area (Å²) < 4.78 is 33.3. The quantitative estimate of drug-likeness (QED) is 0.0264. The molecule has 0 aromatic rings. The molecule has 0 bridgehead atoms. The number of unbranched alkanes of at least 4 members (excludes halogenated alkanes) is 56. The van der Waals surface area contributed by atoms with Gasteiger partial charge in [0.2, 0.25) is 0 Å². The molecule has 0 rings (SSSR count). The Bertz CT molecular complexity index is 1540. The van der Waals surface area contributed by atoms with Gasteiger partial charge < -0.3 is 20.1 Å². The van der Waals surface area contributed by atoms with E-state index in [-0.39, 0.29) is 38.6 Å². The molecule has 0 aromatic carbocycles. The average Bonchev–Trinajstić information content (AvgIpc) is 3.52. The molecule has 9 nitrogen and oxygen atoms in total. The minimum absolute atomic E-state index is 0.0572. The van der Waals surface area contributed by atoms with Crippen molar-refractivity contribution in [1.82, 2.24) is 0 Å². The van der Waals surface area contributed by atoms with Crippen LogP contribution in [0.3, 0.4) is 0 Å². The first-order valence-corrected chi connectivity index (χ1v) is 40.5. The molecule has 0 aliphatic heterocycles. The van der Waals surface area contributed by atoms with Gasteiger partial charge >= 0.3 is 19.8 Å². The molecule has 0 amide bonds. The average molecular weight is 1260 g/mol. The van der Waals surface area contributed by atoms with Gasteiger partial charge in [0.1, 0.15) is 6.61 Å². The second-order valence-corrected chi connectivity index (χ2v) is 28.0. The zero-order valence-electron chi connectivity index (χ0n) is 58.7. The van der Waals surface area contributed by atoms with Crippen LogP contribution in [0.4, 0.5) is 0 Å². The van der Waals surface area contributed by atoms with Gasteiger partial charge in [0.25, 0.3) is 0 Å². The highest BCUT2D eigenvalue weighted by Crippen LogP contribution is 2.43. The van der Waals surface area contributed by atoms with Crippen molar-refractivity contribution in [1.29, 1.82) is 0 Å². The van der Waals surface area contributed by atoms with Gasteiger partial charge in [-0.15, -0.1) is 0 Å². The van der Waals surface area contributed by atoms with E-state index in [1.165, 1.54) is 340 Å². The lowest BCUT2D eigenvalue weighted by Gasteiger charge is -2.19. The Morgan fingerprint density at radius 3 is 0.875 bits per heavy atom. The van der Waals surface area contributed by atoms with E-state index in [9.17, 15) is 19.0 Å². The maximum absolute atomic E-state index is 12.8. The summed E-state index contributed by atoms with van der Waals surface area (Å²) in [6.07, 6.45) is 94.3. The number of carbonyl (C=O) groups excluding carboxylic acids is 2. The second-order valence-electron chi connectivity index (χ2n) is 26.6. The predicted octanol–water partition coefficient (Wildman–Crippen LogP) is 25.8. The number of ether oxygens (including phenoxy) is 2. The molecule has 520 valence electrons. The number of rotatable bonds is 75. The standard InChI is InChI=1S/C78H150NO8P/c1-3-5-7-9-11-13-15-17-19-21-23-25-27-29-31-32-33-34-35-36-37-38-39-40-41-42-43-44-45-47-49-51-53-55-57-59-61-63-65-67-69-71-78(81)87-76(75-86-88(82,83)85-73-72-79)74-84-77(80)70-68-66-64-62-60-58-56-54-52-50-48-46-30-28-26-24-22-20-18-16-14-12-10-8-6-4-2/h15,17,21,23,27,29,76H,3-14,16,18-20,22,24-26,28,30-75,79H2,1-2H3,(H,82,83)/b17-15-,23-21-,29-27-. The normalized spacial score (nSPS) is 13.0. The van der Waals surface area contributed by atoms with Gasteiger partial charge in [0.05, 0.1) is 13.2 Å². The number of carbonyl (C=O) groups is 2. The van der Waals surface area contributed by atoms with Crippen molar-refractivity contribution in [2.75, 3.05) is 26.4 Å². The first-order valence-electron chi connectivity index (χ1n) is 39.0. The minimum Gasteiger partial charge on any atom is -0.462 e. The largest absolute Gasteiger partial charge is 0.472 e.